The van der Waals surface area contributed by atoms with Crippen molar-refractivity contribution in [3.63, 3.8) is 0 Å². The van der Waals surface area contributed by atoms with Gasteiger partial charge < -0.3 is 9.13 Å². The van der Waals surface area contributed by atoms with Gasteiger partial charge in [-0.25, -0.2) is 0 Å². The molecule has 3 heterocycles. The number of rotatable bonds is 5. The van der Waals surface area contributed by atoms with E-state index in [1.54, 1.807) is 0 Å². The smallest absolute Gasteiger partial charge is 0.0541 e. The van der Waals surface area contributed by atoms with Gasteiger partial charge >= 0.3 is 0 Å². The minimum Gasteiger partial charge on any atom is -0.309 e. The summed E-state index contributed by atoms with van der Waals surface area (Å²) in [4.78, 5) is 4.88. The van der Waals surface area contributed by atoms with Crippen molar-refractivity contribution in [2.75, 3.05) is 0 Å². The van der Waals surface area contributed by atoms with Gasteiger partial charge in [0.25, 0.3) is 0 Å². The van der Waals surface area contributed by atoms with Crippen molar-refractivity contribution >= 4 is 60.0 Å². The van der Waals surface area contributed by atoms with Crippen molar-refractivity contribution in [2.24, 2.45) is 0 Å². The summed E-state index contributed by atoms with van der Waals surface area (Å²) < 4.78 is 4.84. The number of pyridine rings is 1. The van der Waals surface area contributed by atoms with Gasteiger partial charge in [-0.05, 0) is 82.4 Å². The number of allylic oxidation sites excluding steroid dienone is 4. The van der Waals surface area contributed by atoms with Gasteiger partial charge in [0.2, 0.25) is 0 Å². The minimum absolute atomic E-state index is 0.292. The van der Waals surface area contributed by atoms with Gasteiger partial charge in [-0.2, -0.15) is 0 Å². The Labute approximate surface area is 313 Å². The Morgan fingerprint density at radius 2 is 0.944 bits per heavy atom. The lowest BCUT2D eigenvalue weighted by atomic mass is 9.85. The number of para-hydroxylation sites is 4. The fourth-order valence-electron chi connectivity index (χ4n) is 8.84. The first kappa shape index (κ1) is 30.6. The van der Waals surface area contributed by atoms with Crippen molar-refractivity contribution in [3.8, 4) is 22.5 Å². The average Bonchev–Trinajstić information content (AvgIpc) is 3.77. The third kappa shape index (κ3) is 4.86. The standard InChI is InChI=1S/C51H35N3/c1-2-17-42-34(13-1)14-12-22-43(42)36-16-11-15-35(27-36)38-28-39(33-52-32-38)37-29-40(53-48-23-7-3-18-44(48)45-19-4-8-24-49(45)53)31-41(30-37)54-50-25-9-5-20-46(50)47-21-6-10-26-51(47)54/h1-15,17-33,36H,16H2. The molecule has 0 saturated heterocycles. The Morgan fingerprint density at radius 3 is 1.54 bits per heavy atom. The van der Waals surface area contributed by atoms with Crippen LogP contribution < -0.4 is 0 Å². The van der Waals surface area contributed by atoms with E-state index < -0.39 is 0 Å². The first-order valence-corrected chi connectivity index (χ1v) is 18.7. The molecule has 0 N–H and O–H groups in total. The van der Waals surface area contributed by atoms with E-state index in [1.165, 1.54) is 65.5 Å². The predicted molar refractivity (Wildman–Crippen MR) is 227 cm³/mol. The number of hydrogen-bond donors (Lipinski definition) is 0. The summed E-state index contributed by atoms with van der Waals surface area (Å²) in [5.41, 5.74) is 12.9. The molecular weight excluding hydrogens is 655 g/mol. The first-order chi connectivity index (χ1) is 26.8. The normalized spacial score (nSPS) is 14.4. The molecule has 1 aliphatic rings. The second kappa shape index (κ2) is 12.3. The zero-order chi connectivity index (χ0) is 35.6. The van der Waals surface area contributed by atoms with Gasteiger partial charge in [0.05, 0.1) is 22.1 Å². The Hall–Kier alpha value is -6.97. The third-order valence-corrected chi connectivity index (χ3v) is 11.3. The van der Waals surface area contributed by atoms with Gasteiger partial charge in [0.15, 0.2) is 0 Å². The lowest BCUT2D eigenvalue weighted by molar-refractivity contribution is 0.865. The van der Waals surface area contributed by atoms with Crippen molar-refractivity contribution in [1.82, 2.24) is 14.1 Å². The van der Waals surface area contributed by atoms with Crippen LogP contribution in [-0.2, 0) is 0 Å². The van der Waals surface area contributed by atoms with Crippen molar-refractivity contribution < 1.29 is 0 Å². The largest absolute Gasteiger partial charge is 0.309 e. The fourth-order valence-corrected chi connectivity index (χ4v) is 8.84. The maximum atomic E-state index is 4.88. The topological polar surface area (TPSA) is 22.8 Å². The minimum atomic E-state index is 0.292. The zero-order valence-electron chi connectivity index (χ0n) is 29.6. The Bertz CT molecular complexity index is 2910. The van der Waals surface area contributed by atoms with Gasteiger partial charge in [-0.3, -0.25) is 4.98 Å². The summed E-state index contributed by atoms with van der Waals surface area (Å²) in [7, 11) is 0. The van der Waals surface area contributed by atoms with Gasteiger partial charge in [0, 0.05) is 62.4 Å². The van der Waals surface area contributed by atoms with E-state index in [-0.39, 0.29) is 0 Å². The summed E-state index contributed by atoms with van der Waals surface area (Å²) in [6.07, 6.45) is 12.0. The molecule has 54 heavy (non-hydrogen) atoms. The molecule has 0 fully saturated rings. The van der Waals surface area contributed by atoms with Crippen molar-refractivity contribution in [1.29, 1.82) is 0 Å². The molecule has 0 radical (unpaired) electrons. The maximum absolute atomic E-state index is 4.88. The molecule has 0 spiro atoms. The van der Waals surface area contributed by atoms with E-state index in [9.17, 15) is 0 Å². The van der Waals surface area contributed by atoms with Gasteiger partial charge in [-0.1, -0.05) is 133 Å². The van der Waals surface area contributed by atoms with Crippen LogP contribution in [0.2, 0.25) is 0 Å². The lowest BCUT2D eigenvalue weighted by Crippen LogP contribution is -2.01. The molecule has 0 amide bonds. The third-order valence-electron chi connectivity index (χ3n) is 11.3. The highest BCUT2D eigenvalue weighted by molar-refractivity contribution is 6.10. The average molecular weight is 690 g/mol. The van der Waals surface area contributed by atoms with Crippen LogP contribution >= 0.6 is 0 Å². The number of benzene rings is 7. The molecule has 3 heteroatoms. The van der Waals surface area contributed by atoms with E-state index in [4.69, 9.17) is 4.98 Å². The molecule has 7 aromatic carbocycles. The molecule has 10 aromatic rings. The molecule has 0 aliphatic heterocycles. The predicted octanol–water partition coefficient (Wildman–Crippen LogP) is 13.2. The van der Waals surface area contributed by atoms with E-state index in [0.717, 1.165) is 34.5 Å². The van der Waals surface area contributed by atoms with Crippen LogP contribution in [0.3, 0.4) is 0 Å². The van der Waals surface area contributed by atoms with Crippen LogP contribution in [0.25, 0.3) is 82.5 Å². The second-order valence-corrected chi connectivity index (χ2v) is 14.4. The Kier molecular flexibility index (Phi) is 6.99. The lowest BCUT2D eigenvalue weighted by Gasteiger charge is -2.20. The molecule has 3 nitrogen and oxygen atoms in total. The summed E-state index contributed by atoms with van der Waals surface area (Å²) in [6.45, 7) is 0. The molecule has 0 bridgehead atoms. The van der Waals surface area contributed by atoms with Crippen LogP contribution in [0.15, 0.2) is 194 Å². The summed E-state index contributed by atoms with van der Waals surface area (Å²) in [5.74, 6) is 0.292. The highest BCUT2D eigenvalue weighted by Crippen LogP contribution is 2.39. The van der Waals surface area contributed by atoms with E-state index in [0.29, 0.717) is 5.92 Å². The molecule has 0 saturated carbocycles. The highest BCUT2D eigenvalue weighted by atomic mass is 15.0. The SMILES string of the molecule is C1=CC(c2cncc(-c3cc(-n4c5ccccc5c5ccccc54)cc(-n4c5ccccc5c5ccccc54)c3)c2)=CC(c2cccc3ccccc23)C1. The van der Waals surface area contributed by atoms with E-state index in [2.05, 4.69) is 191 Å². The van der Waals surface area contributed by atoms with E-state index in [1.807, 2.05) is 12.4 Å². The zero-order valence-corrected chi connectivity index (χ0v) is 29.6. The number of hydrogen-bond acceptors (Lipinski definition) is 1. The van der Waals surface area contributed by atoms with Crippen molar-refractivity contribution in [3.05, 3.63) is 206 Å². The van der Waals surface area contributed by atoms with Gasteiger partial charge in [-0.15, -0.1) is 0 Å². The van der Waals surface area contributed by atoms with Crippen LogP contribution in [0.5, 0.6) is 0 Å². The number of fused-ring (bicyclic) bond motifs is 7. The molecule has 1 unspecified atom stereocenters. The van der Waals surface area contributed by atoms with Crippen LogP contribution in [0, 0.1) is 0 Å². The first-order valence-electron chi connectivity index (χ1n) is 18.7. The molecule has 1 aliphatic carbocycles. The number of aromatic nitrogens is 3. The Balaban J connectivity index is 1.12. The van der Waals surface area contributed by atoms with Crippen molar-refractivity contribution in [2.45, 2.75) is 12.3 Å². The van der Waals surface area contributed by atoms with Crippen LogP contribution in [0.4, 0.5) is 0 Å². The molecule has 11 rings (SSSR count). The van der Waals surface area contributed by atoms with Crippen LogP contribution in [0.1, 0.15) is 23.5 Å². The van der Waals surface area contributed by atoms with Gasteiger partial charge in [0.1, 0.15) is 0 Å². The number of nitrogens with zero attached hydrogens (tertiary/aromatic N) is 3. The maximum Gasteiger partial charge on any atom is 0.0541 e. The summed E-state index contributed by atoms with van der Waals surface area (Å²) >= 11 is 0. The van der Waals surface area contributed by atoms with E-state index >= 15 is 0 Å². The quantitative estimate of drug-likeness (QED) is 0.176. The Morgan fingerprint density at radius 1 is 0.444 bits per heavy atom. The highest BCUT2D eigenvalue weighted by Gasteiger charge is 2.19. The summed E-state index contributed by atoms with van der Waals surface area (Å²) in [6, 6.07) is 59.7. The molecule has 3 aromatic heterocycles. The second-order valence-electron chi connectivity index (χ2n) is 14.4. The summed E-state index contributed by atoms with van der Waals surface area (Å²) in [5, 5.41) is 7.59. The molecular formula is C51H35N3. The molecule has 1 atom stereocenters. The van der Waals surface area contributed by atoms with Crippen LogP contribution in [-0.4, -0.2) is 14.1 Å². The fraction of sp³-hybridized carbons (Fsp3) is 0.0392. The molecule has 254 valence electrons. The monoisotopic (exact) mass is 689 g/mol.